The van der Waals surface area contributed by atoms with Crippen molar-refractivity contribution in [2.45, 2.75) is 19.3 Å². The van der Waals surface area contributed by atoms with E-state index in [4.69, 9.17) is 9.47 Å². The first-order chi connectivity index (χ1) is 10.6. The summed E-state index contributed by atoms with van der Waals surface area (Å²) in [5.41, 5.74) is 1.86. The number of ether oxygens (including phenoxy) is 2. The zero-order valence-electron chi connectivity index (χ0n) is 12.9. The van der Waals surface area contributed by atoms with E-state index in [2.05, 4.69) is 0 Å². The van der Waals surface area contributed by atoms with Crippen molar-refractivity contribution in [2.24, 2.45) is 0 Å². The molecule has 0 aliphatic carbocycles. The number of benzene rings is 2. The Balaban J connectivity index is 2.32. The maximum absolute atomic E-state index is 12.8. The minimum Gasteiger partial charge on any atom is -0.497 e. The van der Waals surface area contributed by atoms with Crippen molar-refractivity contribution in [2.75, 3.05) is 7.11 Å². The van der Waals surface area contributed by atoms with Crippen LogP contribution in [0.15, 0.2) is 60.2 Å². The number of esters is 1. The highest BCUT2D eigenvalue weighted by molar-refractivity contribution is 5.97. The van der Waals surface area contributed by atoms with Gasteiger partial charge in [0.2, 0.25) is 0 Å². The molecule has 1 aliphatic rings. The lowest BCUT2D eigenvalue weighted by molar-refractivity contribution is -0.135. The normalized spacial score (nSPS) is 19.3. The molecule has 1 unspecified atom stereocenters. The SMILES string of the molecule is COc1ccc2c(c1)C(C=C(C)C)(c1ccccc1)C(=O)O2. The molecule has 0 aromatic heterocycles. The highest BCUT2D eigenvalue weighted by Gasteiger charge is 2.49. The van der Waals surface area contributed by atoms with Gasteiger partial charge in [0.05, 0.1) is 7.11 Å². The second kappa shape index (κ2) is 5.34. The van der Waals surface area contributed by atoms with Crippen LogP contribution in [0.3, 0.4) is 0 Å². The van der Waals surface area contributed by atoms with Gasteiger partial charge in [0, 0.05) is 5.56 Å². The average Bonchev–Trinajstić information content (AvgIpc) is 2.80. The molecule has 112 valence electrons. The Hall–Kier alpha value is -2.55. The molecule has 0 spiro atoms. The third kappa shape index (κ3) is 2.10. The van der Waals surface area contributed by atoms with Crippen LogP contribution in [0.2, 0.25) is 0 Å². The van der Waals surface area contributed by atoms with Gasteiger partial charge >= 0.3 is 5.97 Å². The van der Waals surface area contributed by atoms with Crippen LogP contribution in [0.5, 0.6) is 11.5 Å². The number of hydrogen-bond donors (Lipinski definition) is 0. The minimum absolute atomic E-state index is 0.275. The summed E-state index contributed by atoms with van der Waals surface area (Å²) >= 11 is 0. The Kier molecular flexibility index (Phi) is 3.49. The summed E-state index contributed by atoms with van der Waals surface area (Å²) < 4.78 is 10.9. The Bertz CT molecular complexity index is 743. The zero-order valence-corrected chi connectivity index (χ0v) is 12.9. The van der Waals surface area contributed by atoms with Gasteiger partial charge in [0.25, 0.3) is 0 Å². The van der Waals surface area contributed by atoms with Crippen LogP contribution in [-0.4, -0.2) is 13.1 Å². The number of rotatable bonds is 3. The van der Waals surface area contributed by atoms with E-state index >= 15 is 0 Å². The van der Waals surface area contributed by atoms with E-state index in [-0.39, 0.29) is 5.97 Å². The van der Waals surface area contributed by atoms with Gasteiger partial charge in [-0.15, -0.1) is 0 Å². The molecule has 1 atom stereocenters. The molecule has 0 amide bonds. The number of carbonyl (C=O) groups is 1. The molecule has 1 aliphatic heterocycles. The van der Waals surface area contributed by atoms with Crippen molar-refractivity contribution >= 4 is 5.97 Å². The Morgan fingerprint density at radius 3 is 2.50 bits per heavy atom. The molecular formula is C19H18O3. The van der Waals surface area contributed by atoms with E-state index in [1.165, 1.54) is 0 Å². The first kappa shape index (κ1) is 14.4. The molecule has 0 saturated carbocycles. The summed E-state index contributed by atoms with van der Waals surface area (Å²) in [6.07, 6.45) is 1.97. The molecule has 0 radical (unpaired) electrons. The molecule has 0 bridgehead atoms. The summed E-state index contributed by atoms with van der Waals surface area (Å²) in [7, 11) is 1.62. The average molecular weight is 294 g/mol. The number of allylic oxidation sites excluding steroid dienone is 1. The van der Waals surface area contributed by atoms with E-state index in [0.29, 0.717) is 11.5 Å². The molecule has 2 aromatic rings. The third-order valence-corrected chi connectivity index (χ3v) is 3.87. The summed E-state index contributed by atoms with van der Waals surface area (Å²) in [6, 6.07) is 15.2. The Morgan fingerprint density at radius 2 is 1.86 bits per heavy atom. The summed E-state index contributed by atoms with van der Waals surface area (Å²) in [4.78, 5) is 12.8. The molecule has 0 N–H and O–H groups in total. The fourth-order valence-corrected chi connectivity index (χ4v) is 2.95. The minimum atomic E-state index is -0.913. The fourth-order valence-electron chi connectivity index (χ4n) is 2.95. The van der Waals surface area contributed by atoms with E-state index < -0.39 is 5.41 Å². The van der Waals surface area contributed by atoms with Crippen LogP contribution in [0.25, 0.3) is 0 Å². The van der Waals surface area contributed by atoms with Crippen molar-refractivity contribution in [3.8, 4) is 11.5 Å². The first-order valence-electron chi connectivity index (χ1n) is 7.20. The lowest BCUT2D eigenvalue weighted by atomic mass is 9.74. The standard InChI is InChI=1S/C19H18O3/c1-13(2)12-19(14-7-5-4-6-8-14)16-11-15(21-3)9-10-17(16)22-18(19)20/h4-12H,1-3H3. The predicted octanol–water partition coefficient (Wildman–Crippen LogP) is 3.87. The molecule has 3 rings (SSSR count). The predicted molar refractivity (Wildman–Crippen MR) is 85.3 cm³/mol. The lowest BCUT2D eigenvalue weighted by Crippen LogP contribution is -2.33. The van der Waals surface area contributed by atoms with E-state index in [9.17, 15) is 4.79 Å². The highest BCUT2D eigenvalue weighted by atomic mass is 16.5. The summed E-state index contributed by atoms with van der Waals surface area (Å²) in [5.74, 6) is 1.02. The van der Waals surface area contributed by atoms with Crippen LogP contribution in [0, 0.1) is 0 Å². The van der Waals surface area contributed by atoms with Gasteiger partial charge in [0.15, 0.2) is 0 Å². The maximum atomic E-state index is 12.8. The van der Waals surface area contributed by atoms with Crippen LogP contribution in [-0.2, 0) is 10.2 Å². The van der Waals surface area contributed by atoms with Gasteiger partial charge in [-0.25, -0.2) is 4.79 Å². The van der Waals surface area contributed by atoms with Crippen molar-refractivity contribution in [1.82, 2.24) is 0 Å². The molecule has 1 heterocycles. The second-order valence-electron chi connectivity index (χ2n) is 5.65. The third-order valence-electron chi connectivity index (χ3n) is 3.87. The van der Waals surface area contributed by atoms with Gasteiger partial charge in [-0.3, -0.25) is 0 Å². The molecule has 0 fully saturated rings. The highest BCUT2D eigenvalue weighted by Crippen LogP contribution is 2.47. The molecule has 3 nitrogen and oxygen atoms in total. The van der Waals surface area contributed by atoms with Crippen molar-refractivity contribution < 1.29 is 14.3 Å². The quantitative estimate of drug-likeness (QED) is 0.490. The van der Waals surface area contributed by atoms with Crippen LogP contribution < -0.4 is 9.47 Å². The van der Waals surface area contributed by atoms with Gasteiger partial charge in [0.1, 0.15) is 16.9 Å². The number of methoxy groups -OCH3 is 1. The smallest absolute Gasteiger partial charge is 0.330 e. The monoisotopic (exact) mass is 294 g/mol. The van der Waals surface area contributed by atoms with Crippen LogP contribution in [0.4, 0.5) is 0 Å². The first-order valence-corrected chi connectivity index (χ1v) is 7.20. The van der Waals surface area contributed by atoms with E-state index in [1.807, 2.05) is 56.3 Å². The van der Waals surface area contributed by atoms with Crippen molar-refractivity contribution in [1.29, 1.82) is 0 Å². The van der Waals surface area contributed by atoms with E-state index in [0.717, 1.165) is 16.7 Å². The molecule has 22 heavy (non-hydrogen) atoms. The van der Waals surface area contributed by atoms with Crippen molar-refractivity contribution in [3.63, 3.8) is 0 Å². The van der Waals surface area contributed by atoms with Crippen LogP contribution in [0.1, 0.15) is 25.0 Å². The Morgan fingerprint density at radius 1 is 1.14 bits per heavy atom. The molecule has 0 saturated heterocycles. The largest absolute Gasteiger partial charge is 0.497 e. The topological polar surface area (TPSA) is 35.5 Å². The van der Waals surface area contributed by atoms with Gasteiger partial charge in [-0.2, -0.15) is 0 Å². The molecule has 3 heteroatoms. The Labute approximate surface area is 130 Å². The number of hydrogen-bond acceptors (Lipinski definition) is 3. The van der Waals surface area contributed by atoms with E-state index in [1.54, 1.807) is 19.2 Å². The van der Waals surface area contributed by atoms with Crippen molar-refractivity contribution in [3.05, 3.63) is 71.3 Å². The van der Waals surface area contributed by atoms with Gasteiger partial charge in [-0.05, 0) is 37.6 Å². The lowest BCUT2D eigenvalue weighted by Gasteiger charge is -2.24. The van der Waals surface area contributed by atoms with Gasteiger partial charge < -0.3 is 9.47 Å². The molecule has 2 aromatic carbocycles. The summed E-state index contributed by atoms with van der Waals surface area (Å²) in [5, 5.41) is 0. The number of carbonyl (C=O) groups excluding carboxylic acids is 1. The zero-order chi connectivity index (χ0) is 15.7. The maximum Gasteiger partial charge on any atom is 0.330 e. The van der Waals surface area contributed by atoms with Gasteiger partial charge in [-0.1, -0.05) is 42.0 Å². The fraction of sp³-hybridized carbons (Fsp3) is 0.211. The second-order valence-corrected chi connectivity index (χ2v) is 5.65. The van der Waals surface area contributed by atoms with Crippen LogP contribution >= 0.6 is 0 Å². The summed E-state index contributed by atoms with van der Waals surface area (Å²) in [6.45, 7) is 3.96. The number of fused-ring (bicyclic) bond motifs is 1. The molecular weight excluding hydrogens is 276 g/mol.